The molecule has 1 atom stereocenters. The van der Waals surface area contributed by atoms with Crippen molar-refractivity contribution < 1.29 is 4.79 Å². The second kappa shape index (κ2) is 6.93. The Morgan fingerprint density at radius 2 is 2.11 bits per heavy atom. The number of hydrogen-bond acceptors (Lipinski definition) is 4. The van der Waals surface area contributed by atoms with Gasteiger partial charge in [0.25, 0.3) is 11.5 Å². The molecule has 3 heterocycles. The Balaban J connectivity index is 1.67. The summed E-state index contributed by atoms with van der Waals surface area (Å²) in [5.41, 5.74) is 1.50. The first-order valence-electron chi connectivity index (χ1n) is 8.65. The number of carbonyl (C=O) groups is 1. The van der Waals surface area contributed by atoms with Crippen molar-refractivity contribution in [3.63, 3.8) is 0 Å². The van der Waals surface area contributed by atoms with E-state index in [9.17, 15) is 9.59 Å². The van der Waals surface area contributed by atoms with E-state index < -0.39 is 0 Å². The molecule has 4 rings (SSSR count). The number of aryl methyl sites for hydroxylation is 2. The molecule has 1 aliphatic rings. The number of halogens is 2. The Labute approximate surface area is 169 Å². The molecule has 0 saturated heterocycles. The summed E-state index contributed by atoms with van der Waals surface area (Å²) in [5.74, 6) is 0.587. The molecule has 0 spiro atoms. The van der Waals surface area contributed by atoms with E-state index in [0.717, 1.165) is 24.2 Å². The first-order valence-corrected chi connectivity index (χ1v) is 10.2. The standard InChI is InChI=1S/C19H17Cl2N3O2S/c1-9-15-18(23-14-4-3-7-24(14)19(15)26)27-16(9)17(25)22-10(2)11-5-6-12(20)13(21)8-11/h5-6,8,10H,3-4,7H2,1-2H3,(H,22,25)/t10-/m1/s1. The third-order valence-corrected chi connectivity index (χ3v) is 6.83. The Kier molecular flexibility index (Phi) is 4.74. The predicted octanol–water partition coefficient (Wildman–Crippen LogP) is 4.51. The summed E-state index contributed by atoms with van der Waals surface area (Å²) >= 11 is 13.3. The van der Waals surface area contributed by atoms with Gasteiger partial charge in [-0.1, -0.05) is 29.3 Å². The first-order chi connectivity index (χ1) is 12.9. The number of fused-ring (bicyclic) bond motifs is 2. The van der Waals surface area contributed by atoms with E-state index in [-0.39, 0.29) is 17.5 Å². The lowest BCUT2D eigenvalue weighted by Crippen LogP contribution is -2.26. The van der Waals surface area contributed by atoms with Crippen molar-refractivity contribution in [3.05, 3.63) is 60.4 Å². The Hall–Kier alpha value is -1.89. The van der Waals surface area contributed by atoms with Crippen LogP contribution in [0.5, 0.6) is 0 Å². The van der Waals surface area contributed by atoms with Crippen LogP contribution in [0.4, 0.5) is 0 Å². The zero-order valence-electron chi connectivity index (χ0n) is 14.8. The highest BCUT2D eigenvalue weighted by Crippen LogP contribution is 2.30. The second-order valence-corrected chi connectivity index (χ2v) is 8.51. The Morgan fingerprint density at radius 1 is 1.33 bits per heavy atom. The fourth-order valence-electron chi connectivity index (χ4n) is 3.42. The fourth-order valence-corrected chi connectivity index (χ4v) is 4.82. The quantitative estimate of drug-likeness (QED) is 0.676. The summed E-state index contributed by atoms with van der Waals surface area (Å²) < 4.78 is 1.72. The fraction of sp³-hybridized carbons (Fsp3) is 0.316. The topological polar surface area (TPSA) is 64.0 Å². The van der Waals surface area contributed by atoms with Crippen LogP contribution in [0, 0.1) is 6.92 Å². The normalized spacial score (nSPS) is 14.4. The maximum atomic E-state index is 12.8. The van der Waals surface area contributed by atoms with Crippen molar-refractivity contribution in [2.45, 2.75) is 39.3 Å². The van der Waals surface area contributed by atoms with Crippen LogP contribution in [-0.2, 0) is 13.0 Å². The van der Waals surface area contributed by atoms with E-state index in [2.05, 4.69) is 10.3 Å². The van der Waals surface area contributed by atoms with Gasteiger partial charge < -0.3 is 5.32 Å². The lowest BCUT2D eigenvalue weighted by atomic mass is 10.1. The molecule has 5 nitrogen and oxygen atoms in total. The van der Waals surface area contributed by atoms with E-state index in [1.165, 1.54) is 11.3 Å². The van der Waals surface area contributed by atoms with Gasteiger partial charge in [0.1, 0.15) is 10.7 Å². The maximum absolute atomic E-state index is 12.8. The highest BCUT2D eigenvalue weighted by atomic mass is 35.5. The lowest BCUT2D eigenvalue weighted by molar-refractivity contribution is 0.0943. The zero-order chi connectivity index (χ0) is 19.3. The number of nitrogens with one attached hydrogen (secondary N) is 1. The van der Waals surface area contributed by atoms with Crippen LogP contribution in [0.2, 0.25) is 10.0 Å². The lowest BCUT2D eigenvalue weighted by Gasteiger charge is -2.14. The summed E-state index contributed by atoms with van der Waals surface area (Å²) in [6.45, 7) is 4.38. The van der Waals surface area contributed by atoms with E-state index in [4.69, 9.17) is 23.2 Å². The number of nitrogens with zero attached hydrogens (tertiary/aromatic N) is 2. The van der Waals surface area contributed by atoms with Gasteiger partial charge in [0.15, 0.2) is 0 Å². The van der Waals surface area contributed by atoms with Crippen LogP contribution in [0.3, 0.4) is 0 Å². The van der Waals surface area contributed by atoms with Gasteiger partial charge in [0.05, 0.1) is 26.4 Å². The minimum absolute atomic E-state index is 0.0437. The van der Waals surface area contributed by atoms with Crippen LogP contribution in [0.15, 0.2) is 23.0 Å². The van der Waals surface area contributed by atoms with Crippen LogP contribution in [0.1, 0.15) is 46.0 Å². The van der Waals surface area contributed by atoms with Crippen molar-refractivity contribution in [1.29, 1.82) is 0 Å². The van der Waals surface area contributed by atoms with Gasteiger partial charge in [-0.2, -0.15) is 0 Å². The van der Waals surface area contributed by atoms with Crippen molar-refractivity contribution in [3.8, 4) is 0 Å². The molecule has 0 bridgehead atoms. The van der Waals surface area contributed by atoms with Crippen molar-refractivity contribution in [2.24, 2.45) is 0 Å². The molecule has 1 N–H and O–H groups in total. The summed E-state index contributed by atoms with van der Waals surface area (Å²) in [6, 6.07) is 5.02. The maximum Gasteiger partial charge on any atom is 0.262 e. The van der Waals surface area contributed by atoms with Crippen LogP contribution in [0.25, 0.3) is 10.2 Å². The van der Waals surface area contributed by atoms with Crippen molar-refractivity contribution in [1.82, 2.24) is 14.9 Å². The first kappa shape index (κ1) is 18.5. The van der Waals surface area contributed by atoms with Crippen LogP contribution >= 0.6 is 34.5 Å². The van der Waals surface area contributed by atoms with Crippen molar-refractivity contribution in [2.75, 3.05) is 0 Å². The largest absolute Gasteiger partial charge is 0.345 e. The molecular weight excluding hydrogens is 405 g/mol. The number of amides is 1. The molecule has 8 heteroatoms. The summed E-state index contributed by atoms with van der Waals surface area (Å²) in [6.07, 6.45) is 1.74. The van der Waals surface area contributed by atoms with Crippen LogP contribution in [-0.4, -0.2) is 15.5 Å². The van der Waals surface area contributed by atoms with Gasteiger partial charge in [-0.05, 0) is 43.5 Å². The van der Waals surface area contributed by atoms with E-state index in [1.54, 1.807) is 16.7 Å². The molecule has 3 aromatic rings. The van der Waals surface area contributed by atoms with E-state index in [0.29, 0.717) is 37.2 Å². The molecule has 1 amide bonds. The zero-order valence-corrected chi connectivity index (χ0v) is 17.1. The number of rotatable bonds is 3. The minimum Gasteiger partial charge on any atom is -0.345 e. The third-order valence-electron chi connectivity index (χ3n) is 4.91. The predicted molar refractivity (Wildman–Crippen MR) is 109 cm³/mol. The number of hydrogen-bond donors (Lipinski definition) is 1. The van der Waals surface area contributed by atoms with Gasteiger partial charge >= 0.3 is 0 Å². The number of thiophene rings is 1. The SMILES string of the molecule is Cc1c(C(=O)N[C@H](C)c2ccc(Cl)c(Cl)c2)sc2nc3n(c(=O)c12)CCC3. The smallest absolute Gasteiger partial charge is 0.262 e. The molecule has 140 valence electrons. The van der Waals surface area contributed by atoms with Gasteiger partial charge in [-0.3, -0.25) is 14.2 Å². The third kappa shape index (κ3) is 3.16. The van der Waals surface area contributed by atoms with E-state index in [1.807, 2.05) is 19.9 Å². The monoisotopic (exact) mass is 421 g/mol. The molecule has 1 aromatic carbocycles. The van der Waals surface area contributed by atoms with Gasteiger partial charge in [0, 0.05) is 13.0 Å². The minimum atomic E-state index is -0.254. The molecule has 0 unspecified atom stereocenters. The highest BCUT2D eigenvalue weighted by Gasteiger charge is 2.24. The summed E-state index contributed by atoms with van der Waals surface area (Å²) in [4.78, 5) is 31.4. The van der Waals surface area contributed by atoms with Gasteiger partial charge in [-0.25, -0.2) is 4.98 Å². The Morgan fingerprint density at radius 3 is 2.85 bits per heavy atom. The highest BCUT2D eigenvalue weighted by molar-refractivity contribution is 7.20. The molecule has 1 aliphatic heterocycles. The van der Waals surface area contributed by atoms with Crippen LogP contribution < -0.4 is 10.9 Å². The Bertz CT molecular complexity index is 1140. The molecule has 0 aliphatic carbocycles. The van der Waals surface area contributed by atoms with Crippen molar-refractivity contribution >= 4 is 50.7 Å². The number of aromatic nitrogens is 2. The average molecular weight is 422 g/mol. The van der Waals surface area contributed by atoms with E-state index >= 15 is 0 Å². The second-order valence-electron chi connectivity index (χ2n) is 6.69. The van der Waals surface area contributed by atoms with Gasteiger partial charge in [0.2, 0.25) is 0 Å². The molecular formula is C19H17Cl2N3O2S. The average Bonchev–Trinajstić information content (AvgIpc) is 3.22. The molecule has 0 fully saturated rings. The molecule has 0 saturated carbocycles. The molecule has 2 aromatic heterocycles. The van der Waals surface area contributed by atoms with Gasteiger partial charge in [-0.15, -0.1) is 11.3 Å². The number of benzene rings is 1. The number of carbonyl (C=O) groups excluding carboxylic acids is 1. The molecule has 0 radical (unpaired) electrons. The molecule has 27 heavy (non-hydrogen) atoms. The summed E-state index contributed by atoms with van der Waals surface area (Å²) in [7, 11) is 0. The summed E-state index contributed by atoms with van der Waals surface area (Å²) in [5, 5.41) is 4.44.